The lowest BCUT2D eigenvalue weighted by Crippen LogP contribution is -2.56. The number of amides is 3. The smallest absolute Gasteiger partial charge is 0.251 e. The Kier molecular flexibility index (Phi) is 7.54. The molecule has 1 N–H and O–H groups in total. The molecule has 226 valence electrons. The molecule has 4 aliphatic heterocycles. The number of carbonyl (C=O) groups is 3. The lowest BCUT2D eigenvalue weighted by molar-refractivity contribution is -0.141. The first-order chi connectivity index (χ1) is 20.7. The topological polar surface area (TPSA) is 99.6 Å². The van der Waals surface area contributed by atoms with Gasteiger partial charge in [-0.1, -0.05) is 24.3 Å². The maximum absolute atomic E-state index is 14.6. The SMILES string of the molecule is CCOc1ccc(N2CC=C[C@]3(C)S[C@]45C=CCN(c6ccc(OC)cc6)C(=O)C4N([C@H](C)CO)C(=O)[C@@H]5[C@@H]3C2=O)cc1. The van der Waals surface area contributed by atoms with Gasteiger partial charge in [-0.05, 0) is 69.3 Å². The van der Waals surface area contributed by atoms with Crippen LogP contribution in [0.15, 0.2) is 72.8 Å². The third-order valence-corrected chi connectivity index (χ3v) is 10.9. The predicted molar refractivity (Wildman–Crippen MR) is 166 cm³/mol. The van der Waals surface area contributed by atoms with Crippen LogP contribution in [0.3, 0.4) is 0 Å². The molecule has 4 aliphatic rings. The highest BCUT2D eigenvalue weighted by atomic mass is 32.2. The lowest BCUT2D eigenvalue weighted by Gasteiger charge is -2.38. The number of ether oxygens (including phenoxy) is 2. The Morgan fingerprint density at radius 2 is 1.47 bits per heavy atom. The summed E-state index contributed by atoms with van der Waals surface area (Å²) in [6.45, 7) is 6.59. The molecule has 6 atom stereocenters. The summed E-state index contributed by atoms with van der Waals surface area (Å²) in [5, 5.41) is 10.2. The zero-order chi connectivity index (χ0) is 30.5. The van der Waals surface area contributed by atoms with E-state index in [0.717, 1.165) is 5.75 Å². The number of nitrogens with zero attached hydrogens (tertiary/aromatic N) is 3. The number of hydrogen-bond acceptors (Lipinski definition) is 7. The molecular weight excluding hydrogens is 566 g/mol. The molecule has 2 saturated heterocycles. The molecule has 0 radical (unpaired) electrons. The van der Waals surface area contributed by atoms with Crippen LogP contribution in [0, 0.1) is 11.8 Å². The normalized spacial score (nSPS) is 30.5. The lowest BCUT2D eigenvalue weighted by atomic mass is 9.74. The van der Waals surface area contributed by atoms with Crippen molar-refractivity contribution >= 4 is 40.9 Å². The molecule has 10 heteroatoms. The van der Waals surface area contributed by atoms with Gasteiger partial charge in [0.2, 0.25) is 11.8 Å². The number of rotatable bonds is 7. The minimum Gasteiger partial charge on any atom is -0.497 e. The Bertz CT molecular complexity index is 1480. The highest BCUT2D eigenvalue weighted by molar-refractivity contribution is 8.02. The highest BCUT2D eigenvalue weighted by Crippen LogP contribution is 2.66. The number of carbonyl (C=O) groups excluding carboxylic acids is 3. The van der Waals surface area contributed by atoms with E-state index < -0.39 is 33.4 Å². The van der Waals surface area contributed by atoms with E-state index >= 15 is 0 Å². The van der Waals surface area contributed by atoms with E-state index in [1.807, 2.05) is 74.5 Å². The van der Waals surface area contributed by atoms with E-state index in [0.29, 0.717) is 36.8 Å². The van der Waals surface area contributed by atoms with Crippen molar-refractivity contribution in [2.45, 2.75) is 42.3 Å². The fourth-order valence-corrected chi connectivity index (χ4v) is 9.28. The molecule has 4 heterocycles. The fraction of sp³-hybridized carbons (Fsp3) is 0.424. The summed E-state index contributed by atoms with van der Waals surface area (Å²) in [5.74, 6) is -0.802. The number of likely N-dealkylation sites (tertiary alicyclic amines) is 1. The zero-order valence-corrected chi connectivity index (χ0v) is 25.6. The summed E-state index contributed by atoms with van der Waals surface area (Å²) in [6.07, 6.45) is 7.95. The van der Waals surface area contributed by atoms with E-state index in [-0.39, 0.29) is 24.3 Å². The number of fused-ring (bicyclic) bond motifs is 2. The quantitative estimate of drug-likeness (QED) is 0.483. The molecule has 43 heavy (non-hydrogen) atoms. The first-order valence-electron chi connectivity index (χ1n) is 14.7. The Balaban J connectivity index is 1.43. The molecule has 0 saturated carbocycles. The van der Waals surface area contributed by atoms with E-state index in [4.69, 9.17) is 9.47 Å². The van der Waals surface area contributed by atoms with Crippen molar-refractivity contribution in [1.82, 2.24) is 4.90 Å². The third kappa shape index (κ3) is 4.53. The molecule has 3 amide bonds. The van der Waals surface area contributed by atoms with Crippen LogP contribution in [-0.4, -0.2) is 82.7 Å². The van der Waals surface area contributed by atoms with E-state index in [1.54, 1.807) is 36.0 Å². The number of benzene rings is 2. The van der Waals surface area contributed by atoms with Gasteiger partial charge in [0.1, 0.15) is 17.5 Å². The van der Waals surface area contributed by atoms with E-state index in [9.17, 15) is 19.5 Å². The van der Waals surface area contributed by atoms with Crippen LogP contribution in [0.2, 0.25) is 0 Å². The Hall–Kier alpha value is -3.76. The summed E-state index contributed by atoms with van der Waals surface area (Å²) < 4.78 is 9.16. The fourth-order valence-electron chi connectivity index (χ4n) is 7.14. The van der Waals surface area contributed by atoms with Gasteiger partial charge in [-0.25, -0.2) is 0 Å². The van der Waals surface area contributed by atoms with Crippen LogP contribution in [-0.2, 0) is 14.4 Å². The van der Waals surface area contributed by atoms with Gasteiger partial charge in [0.25, 0.3) is 5.91 Å². The van der Waals surface area contributed by atoms with Crippen LogP contribution < -0.4 is 19.3 Å². The molecular formula is C33H37N3O6S. The zero-order valence-electron chi connectivity index (χ0n) is 24.8. The first kappa shape index (κ1) is 29.3. The Morgan fingerprint density at radius 3 is 2.05 bits per heavy atom. The van der Waals surface area contributed by atoms with Gasteiger partial charge >= 0.3 is 0 Å². The molecule has 2 aromatic rings. The number of thioether (sulfide) groups is 1. The van der Waals surface area contributed by atoms with Crippen molar-refractivity contribution in [2.75, 3.05) is 43.2 Å². The summed E-state index contributed by atoms with van der Waals surface area (Å²) in [7, 11) is 1.59. The molecule has 1 unspecified atom stereocenters. The highest BCUT2D eigenvalue weighted by Gasteiger charge is 2.74. The van der Waals surface area contributed by atoms with Crippen LogP contribution in [0.1, 0.15) is 20.8 Å². The van der Waals surface area contributed by atoms with Crippen molar-refractivity contribution in [2.24, 2.45) is 11.8 Å². The second-order valence-electron chi connectivity index (χ2n) is 11.6. The Labute approximate surface area is 256 Å². The third-order valence-electron chi connectivity index (χ3n) is 9.08. The number of anilines is 2. The van der Waals surface area contributed by atoms with Crippen LogP contribution >= 0.6 is 11.8 Å². The summed E-state index contributed by atoms with van der Waals surface area (Å²) in [5.41, 5.74) is 1.40. The van der Waals surface area contributed by atoms with Gasteiger partial charge < -0.3 is 29.3 Å². The standard InChI is InChI=1S/C33H37N3O6S/c1-5-42-25-14-10-22(11-15-25)34-18-6-16-32(3)26(29(34)38)27-30(39)36(21(2)20-37)28-31(40)35(19-7-17-33(27,28)43-32)23-8-12-24(41-4)13-9-23/h6-17,21,26-28,37H,5,18-20H2,1-4H3/t21-,26-,27+,28?,32+,33+/m1/s1. The Morgan fingerprint density at radius 1 is 0.884 bits per heavy atom. The molecule has 0 aromatic heterocycles. The van der Waals surface area contributed by atoms with Crippen LogP contribution in [0.5, 0.6) is 11.5 Å². The molecule has 0 bridgehead atoms. The number of aliphatic hydroxyl groups excluding tert-OH is 1. The maximum Gasteiger partial charge on any atom is 0.251 e. The molecule has 0 aliphatic carbocycles. The molecule has 2 fully saturated rings. The van der Waals surface area contributed by atoms with Crippen LogP contribution in [0.4, 0.5) is 11.4 Å². The summed E-state index contributed by atoms with van der Waals surface area (Å²) in [6, 6.07) is 13.1. The minimum atomic E-state index is -1.000. The van der Waals surface area contributed by atoms with Crippen molar-refractivity contribution in [3.8, 4) is 11.5 Å². The average Bonchev–Trinajstić information content (AvgIpc) is 3.29. The maximum atomic E-state index is 14.6. The van der Waals surface area contributed by atoms with Gasteiger partial charge in [-0.3, -0.25) is 14.4 Å². The second kappa shape index (κ2) is 11.1. The van der Waals surface area contributed by atoms with Crippen molar-refractivity contribution in [3.63, 3.8) is 0 Å². The van der Waals surface area contributed by atoms with Crippen molar-refractivity contribution in [1.29, 1.82) is 0 Å². The first-order valence-corrected chi connectivity index (χ1v) is 15.5. The predicted octanol–water partition coefficient (Wildman–Crippen LogP) is 3.67. The van der Waals surface area contributed by atoms with Gasteiger partial charge in [0, 0.05) is 29.2 Å². The minimum absolute atomic E-state index is 0.159. The molecule has 9 nitrogen and oxygen atoms in total. The number of aliphatic hydroxyl groups is 1. The van der Waals surface area contributed by atoms with Crippen molar-refractivity contribution in [3.05, 3.63) is 72.8 Å². The van der Waals surface area contributed by atoms with E-state index in [2.05, 4.69) is 0 Å². The second-order valence-corrected chi connectivity index (χ2v) is 13.4. The average molecular weight is 604 g/mol. The molecule has 2 aromatic carbocycles. The molecule has 1 spiro atoms. The van der Waals surface area contributed by atoms with Gasteiger partial charge in [0.15, 0.2) is 0 Å². The monoisotopic (exact) mass is 603 g/mol. The largest absolute Gasteiger partial charge is 0.497 e. The molecule has 6 rings (SSSR count). The van der Waals surface area contributed by atoms with Crippen molar-refractivity contribution < 1.29 is 29.0 Å². The van der Waals surface area contributed by atoms with Gasteiger partial charge in [-0.2, -0.15) is 0 Å². The van der Waals surface area contributed by atoms with Gasteiger partial charge in [-0.15, -0.1) is 11.8 Å². The van der Waals surface area contributed by atoms with E-state index in [1.165, 1.54) is 16.7 Å². The van der Waals surface area contributed by atoms with Crippen LogP contribution in [0.25, 0.3) is 0 Å². The summed E-state index contributed by atoms with van der Waals surface area (Å²) >= 11 is 1.53. The number of methoxy groups -OCH3 is 1. The number of hydrogen-bond donors (Lipinski definition) is 1. The van der Waals surface area contributed by atoms with Gasteiger partial charge in [0.05, 0.1) is 42.9 Å². The summed E-state index contributed by atoms with van der Waals surface area (Å²) in [4.78, 5) is 48.6.